The summed E-state index contributed by atoms with van der Waals surface area (Å²) >= 11 is 5.95. The van der Waals surface area contributed by atoms with Gasteiger partial charge in [-0.1, -0.05) is 23.5 Å². The molecule has 0 saturated carbocycles. The highest BCUT2D eigenvalue weighted by Crippen LogP contribution is 2.30. The summed E-state index contributed by atoms with van der Waals surface area (Å²) in [5.41, 5.74) is -10.9. The quantitative estimate of drug-likeness (QED) is 0.0430. The smallest absolute Gasteiger partial charge is 0.207 e. The monoisotopic (exact) mass is 887 g/mol. The van der Waals surface area contributed by atoms with Crippen LogP contribution in [0.4, 0.5) is 87.8 Å². The van der Waals surface area contributed by atoms with Crippen LogP contribution in [0, 0.1) is 116 Å². The van der Waals surface area contributed by atoms with E-state index in [-0.39, 0.29) is 0 Å². The molecule has 0 unspecified atom stereocenters. The lowest BCUT2D eigenvalue weighted by Gasteiger charge is -2.44. The van der Waals surface area contributed by atoms with E-state index in [1.54, 1.807) is 11.3 Å². The Labute approximate surface area is 318 Å². The molecule has 306 valence electrons. The molecule has 6 aromatic rings. The van der Waals surface area contributed by atoms with E-state index < -0.39 is 144 Å². The number of halogens is 20. The van der Waals surface area contributed by atoms with Crippen LogP contribution in [0.15, 0.2) is 46.2 Å². The van der Waals surface area contributed by atoms with Crippen LogP contribution in [0.2, 0.25) is 0 Å². The van der Waals surface area contributed by atoms with Crippen LogP contribution in [-0.2, 0) is 6.54 Å². The minimum atomic E-state index is -7.22. The number of hydrogen-bond acceptors (Lipinski definition) is 2. The molecule has 0 spiro atoms. The summed E-state index contributed by atoms with van der Waals surface area (Å²) in [5, 5.41) is 2.08. The van der Waals surface area contributed by atoms with E-state index in [2.05, 4.69) is 46.4 Å². The SMILES string of the molecule is Fc1c(F)c(F)c([B-](c2c(F)c(F)c(F)c(F)c2F)(c2c(F)c(F)c(F)c(F)c2F)c2c(F)c(F)c(F)c(F)c2F)c(F)c1F.Sc1ccc(C[n+]2ccsc2)cc1. The van der Waals surface area contributed by atoms with Crippen LogP contribution < -0.4 is 26.4 Å². The van der Waals surface area contributed by atoms with E-state index in [9.17, 15) is 52.7 Å². The summed E-state index contributed by atoms with van der Waals surface area (Å²) < 4.78 is 296. The number of rotatable bonds is 6. The van der Waals surface area contributed by atoms with Crippen molar-refractivity contribution in [2.24, 2.45) is 0 Å². The van der Waals surface area contributed by atoms with E-state index in [1.165, 1.54) is 5.56 Å². The van der Waals surface area contributed by atoms with Crippen LogP contribution in [0.25, 0.3) is 0 Å². The third-order valence-corrected chi connectivity index (χ3v) is 9.51. The molecule has 0 fully saturated rings. The Morgan fingerprint density at radius 2 is 0.621 bits per heavy atom. The van der Waals surface area contributed by atoms with Gasteiger partial charge in [0.2, 0.25) is 5.51 Å². The first kappa shape index (κ1) is 43.9. The topological polar surface area (TPSA) is 3.88 Å². The molecule has 0 saturated heterocycles. The number of nitrogens with zero attached hydrogens (tertiary/aromatic N) is 1. The first-order valence-corrected chi connectivity index (χ1v) is 16.4. The maximum atomic E-state index is 15.4. The molecule has 0 bridgehead atoms. The van der Waals surface area contributed by atoms with Crippen LogP contribution in [-0.4, -0.2) is 6.15 Å². The molecule has 0 aliphatic heterocycles. The second-order valence-electron chi connectivity index (χ2n) is 11.7. The molecule has 0 aliphatic rings. The predicted molar refractivity (Wildman–Crippen MR) is 167 cm³/mol. The average Bonchev–Trinajstić information content (AvgIpc) is 3.72. The van der Waals surface area contributed by atoms with Crippen molar-refractivity contribution in [3.63, 3.8) is 0 Å². The molecular formula is C34H10BF20NS2. The zero-order valence-corrected chi connectivity index (χ0v) is 28.9. The van der Waals surface area contributed by atoms with E-state index in [4.69, 9.17) is 0 Å². The average molecular weight is 887 g/mol. The Morgan fingerprint density at radius 3 is 0.845 bits per heavy atom. The van der Waals surface area contributed by atoms with Crippen LogP contribution in [0.5, 0.6) is 0 Å². The zero-order valence-electron chi connectivity index (χ0n) is 27.2. The van der Waals surface area contributed by atoms with Crippen molar-refractivity contribution in [2.45, 2.75) is 11.4 Å². The van der Waals surface area contributed by atoms with Gasteiger partial charge in [-0.05, 0) is 12.1 Å². The first-order valence-electron chi connectivity index (χ1n) is 15.0. The fourth-order valence-electron chi connectivity index (χ4n) is 6.04. The maximum absolute atomic E-state index is 15.4. The van der Waals surface area contributed by atoms with E-state index in [0.717, 1.165) is 11.4 Å². The summed E-state index contributed by atoms with van der Waals surface area (Å²) in [7, 11) is 0. The van der Waals surface area contributed by atoms with Gasteiger partial charge >= 0.3 is 0 Å². The lowest BCUT2D eigenvalue weighted by Crippen LogP contribution is -2.81. The minimum Gasteiger partial charge on any atom is -0.207 e. The summed E-state index contributed by atoms with van der Waals surface area (Å²) in [6.45, 7) is 0.942. The van der Waals surface area contributed by atoms with Crippen molar-refractivity contribution >= 4 is 52.0 Å². The highest BCUT2D eigenvalue weighted by Gasteiger charge is 2.52. The predicted octanol–water partition coefficient (Wildman–Crippen LogP) is 8.22. The molecule has 0 amide bonds. The van der Waals surface area contributed by atoms with Crippen molar-refractivity contribution in [1.29, 1.82) is 0 Å². The maximum Gasteiger partial charge on any atom is 0.224 e. The van der Waals surface area contributed by atoms with Crippen molar-refractivity contribution in [2.75, 3.05) is 0 Å². The summed E-state index contributed by atoms with van der Waals surface area (Å²) in [6, 6.07) is 8.25. The molecule has 0 N–H and O–H groups in total. The largest absolute Gasteiger partial charge is 0.224 e. The van der Waals surface area contributed by atoms with Crippen LogP contribution >= 0.6 is 24.0 Å². The Hall–Kier alpha value is -5.26. The molecule has 5 aromatic carbocycles. The lowest BCUT2D eigenvalue weighted by molar-refractivity contribution is -0.683. The fourth-order valence-corrected chi connectivity index (χ4v) is 6.79. The normalized spacial score (nSPS) is 11.6. The van der Waals surface area contributed by atoms with Gasteiger partial charge in [0, 0.05) is 10.5 Å². The van der Waals surface area contributed by atoms with Gasteiger partial charge in [0.15, 0.2) is 82.5 Å². The van der Waals surface area contributed by atoms with Gasteiger partial charge in [0.1, 0.15) is 52.7 Å². The number of hydrogen-bond donors (Lipinski definition) is 1. The molecule has 1 aromatic heterocycles. The second-order valence-corrected chi connectivity index (χ2v) is 12.9. The van der Waals surface area contributed by atoms with E-state index in [0.29, 0.717) is 0 Å². The van der Waals surface area contributed by atoms with Gasteiger partial charge < -0.3 is 0 Å². The third kappa shape index (κ3) is 6.81. The highest BCUT2D eigenvalue weighted by molar-refractivity contribution is 7.80. The molecule has 1 nitrogen and oxygen atoms in total. The van der Waals surface area contributed by atoms with E-state index in [1.807, 2.05) is 12.1 Å². The second kappa shape index (κ2) is 16.2. The third-order valence-electron chi connectivity index (χ3n) is 8.54. The molecule has 58 heavy (non-hydrogen) atoms. The number of thiol groups is 1. The summed E-state index contributed by atoms with van der Waals surface area (Å²) in [4.78, 5) is 1.01. The van der Waals surface area contributed by atoms with Gasteiger partial charge in [-0.2, -0.15) is 4.57 Å². The molecule has 0 aliphatic carbocycles. The van der Waals surface area contributed by atoms with Gasteiger partial charge in [0.25, 0.3) is 0 Å². The Bertz CT molecular complexity index is 2220. The van der Waals surface area contributed by atoms with Crippen molar-refractivity contribution in [1.82, 2.24) is 0 Å². The summed E-state index contributed by atoms with van der Waals surface area (Å²) in [6.07, 6.45) is -5.13. The molecule has 24 heteroatoms. The fraction of sp³-hybridized carbons (Fsp3) is 0.0294. The lowest BCUT2D eigenvalue weighted by atomic mass is 9.12. The van der Waals surface area contributed by atoms with Gasteiger partial charge in [0.05, 0.1) is 5.38 Å². The standard InChI is InChI=1S/C24BF20.C10H9NS2/c26-5-1(6(27)14(35)21(42)13(5)34)25(2-7(28)15(36)22(43)16(37)8(2)29,3-9(30)17(38)23(44)18(39)10(3)31)4-11(32)19(40)24(45)20(41)12(4)33;12-10-3-1-9(2-4-10)7-11-5-6-13-8-11/h;1-6,8H,7H2/q-1;/p+1. The number of aromatic nitrogens is 1. The van der Waals surface area contributed by atoms with Crippen molar-refractivity contribution in [3.05, 3.63) is 163 Å². The van der Waals surface area contributed by atoms with Crippen LogP contribution in [0.1, 0.15) is 5.56 Å². The van der Waals surface area contributed by atoms with Crippen molar-refractivity contribution in [3.8, 4) is 0 Å². The first-order chi connectivity index (χ1) is 27.0. The molecule has 0 radical (unpaired) electrons. The number of thiazole rings is 1. The number of benzene rings is 5. The Kier molecular flexibility index (Phi) is 12.2. The highest BCUT2D eigenvalue weighted by atomic mass is 32.1. The Morgan fingerprint density at radius 1 is 0.379 bits per heavy atom. The minimum absolute atomic E-state index is 0.942. The molecule has 0 atom stereocenters. The van der Waals surface area contributed by atoms with Gasteiger partial charge in [-0.25, -0.2) is 87.8 Å². The van der Waals surface area contributed by atoms with E-state index >= 15 is 35.1 Å². The van der Waals surface area contributed by atoms with Gasteiger partial charge in [-0.15, -0.1) is 34.5 Å². The van der Waals surface area contributed by atoms with Crippen LogP contribution in [0.3, 0.4) is 0 Å². The molecule has 6 rings (SSSR count). The van der Waals surface area contributed by atoms with Gasteiger partial charge in [-0.3, -0.25) is 0 Å². The summed E-state index contributed by atoms with van der Waals surface area (Å²) in [5.74, 6) is -71.4. The zero-order chi connectivity index (χ0) is 43.5. The Balaban J connectivity index is 0.000000414. The molecule has 1 heterocycles. The van der Waals surface area contributed by atoms with Crippen molar-refractivity contribution < 1.29 is 92.4 Å². The molecular weight excluding hydrogens is 877 g/mol.